The Kier molecular flexibility index (Phi) is 5.12. The van der Waals surface area contributed by atoms with Crippen LogP contribution in [0.4, 0.5) is 5.69 Å². The molecule has 0 unspecified atom stereocenters. The van der Waals surface area contributed by atoms with Gasteiger partial charge in [-0.05, 0) is 46.9 Å². The lowest BCUT2D eigenvalue weighted by Gasteiger charge is -2.06. The molecule has 0 radical (unpaired) electrons. The first-order valence-electron chi connectivity index (χ1n) is 7.41. The predicted molar refractivity (Wildman–Crippen MR) is 100 cm³/mol. The summed E-state index contributed by atoms with van der Waals surface area (Å²) in [5, 5.41) is 2.93. The van der Waals surface area contributed by atoms with E-state index >= 15 is 0 Å². The average molecular weight is 417 g/mol. The molecule has 0 aliphatic rings. The summed E-state index contributed by atoms with van der Waals surface area (Å²) < 4.78 is 6.84. The Labute approximate surface area is 148 Å². The van der Waals surface area contributed by atoms with Crippen LogP contribution in [-0.2, 0) is 11.2 Å². The minimum Gasteiger partial charge on any atom is -0.461 e. The van der Waals surface area contributed by atoms with E-state index in [2.05, 4.69) is 27.9 Å². The molecule has 1 heterocycles. The van der Waals surface area contributed by atoms with Crippen molar-refractivity contribution in [2.75, 3.05) is 5.32 Å². The maximum atomic E-state index is 12.1. The third kappa shape index (κ3) is 4.22. The molecule has 0 saturated carbocycles. The summed E-state index contributed by atoms with van der Waals surface area (Å²) in [7, 11) is 0. The van der Waals surface area contributed by atoms with E-state index in [0.29, 0.717) is 12.8 Å². The Bertz CT molecular complexity index is 796. The third-order valence-corrected chi connectivity index (χ3v) is 4.41. The first-order valence-corrected chi connectivity index (χ1v) is 8.49. The van der Waals surface area contributed by atoms with Crippen molar-refractivity contribution in [2.45, 2.75) is 12.8 Å². The molecule has 3 rings (SSSR count). The Morgan fingerprint density at radius 1 is 0.957 bits per heavy atom. The van der Waals surface area contributed by atoms with Crippen molar-refractivity contribution in [3.8, 4) is 11.3 Å². The van der Waals surface area contributed by atoms with Crippen LogP contribution < -0.4 is 5.32 Å². The summed E-state index contributed by atoms with van der Waals surface area (Å²) in [4.78, 5) is 12.1. The second kappa shape index (κ2) is 7.46. The second-order valence-electron chi connectivity index (χ2n) is 5.16. The zero-order valence-corrected chi connectivity index (χ0v) is 14.6. The maximum Gasteiger partial charge on any atom is 0.224 e. The topological polar surface area (TPSA) is 42.2 Å². The number of anilines is 1. The van der Waals surface area contributed by atoms with Gasteiger partial charge in [0.2, 0.25) is 5.91 Å². The van der Waals surface area contributed by atoms with E-state index in [-0.39, 0.29) is 5.91 Å². The van der Waals surface area contributed by atoms with Crippen LogP contribution in [0.2, 0.25) is 0 Å². The zero-order valence-electron chi connectivity index (χ0n) is 12.5. The van der Waals surface area contributed by atoms with Crippen LogP contribution in [0.25, 0.3) is 11.3 Å². The summed E-state index contributed by atoms with van der Waals surface area (Å²) in [6.45, 7) is 0. The summed E-state index contributed by atoms with van der Waals surface area (Å²) in [5.74, 6) is 1.65. The molecule has 4 heteroatoms. The molecule has 0 aliphatic heterocycles. The highest BCUT2D eigenvalue weighted by atomic mass is 127. The fraction of sp³-hybridized carbons (Fsp3) is 0.105. The van der Waals surface area contributed by atoms with E-state index in [1.54, 1.807) is 0 Å². The quantitative estimate of drug-likeness (QED) is 0.586. The number of benzene rings is 2. The number of amides is 1. The molecule has 0 atom stereocenters. The molecule has 23 heavy (non-hydrogen) atoms. The molecule has 0 bridgehead atoms. The van der Waals surface area contributed by atoms with Crippen molar-refractivity contribution in [1.82, 2.24) is 0 Å². The van der Waals surface area contributed by atoms with Crippen LogP contribution in [0.15, 0.2) is 71.1 Å². The Hall–Kier alpha value is -2.08. The van der Waals surface area contributed by atoms with Crippen LogP contribution >= 0.6 is 22.6 Å². The maximum absolute atomic E-state index is 12.1. The summed E-state index contributed by atoms with van der Waals surface area (Å²) >= 11 is 2.21. The molecule has 3 aromatic rings. The Morgan fingerprint density at radius 2 is 1.70 bits per heavy atom. The van der Waals surface area contributed by atoms with Gasteiger partial charge < -0.3 is 9.73 Å². The molecule has 3 nitrogen and oxygen atoms in total. The monoisotopic (exact) mass is 417 g/mol. The van der Waals surface area contributed by atoms with E-state index in [1.165, 1.54) is 0 Å². The lowest BCUT2D eigenvalue weighted by molar-refractivity contribution is -0.116. The number of aryl methyl sites for hydroxylation is 1. The average Bonchev–Trinajstić information content (AvgIpc) is 3.05. The molecular weight excluding hydrogens is 401 g/mol. The van der Waals surface area contributed by atoms with Gasteiger partial charge in [0.05, 0.1) is 5.69 Å². The number of carbonyl (C=O) groups excluding carboxylic acids is 1. The molecule has 1 N–H and O–H groups in total. The molecule has 1 aromatic heterocycles. The fourth-order valence-corrected chi connectivity index (χ4v) is 2.80. The van der Waals surface area contributed by atoms with Crippen molar-refractivity contribution in [2.24, 2.45) is 0 Å². The second-order valence-corrected chi connectivity index (χ2v) is 6.32. The molecule has 0 saturated heterocycles. The van der Waals surface area contributed by atoms with E-state index in [4.69, 9.17) is 4.42 Å². The number of nitrogens with one attached hydrogen (secondary N) is 1. The lowest BCUT2D eigenvalue weighted by atomic mass is 10.2. The minimum atomic E-state index is -0.00761. The standard InChI is InChI=1S/C19H16INO2/c20-16-8-4-5-9-17(16)21-19(22)13-11-15-10-12-18(23-15)14-6-2-1-3-7-14/h1-10,12H,11,13H2,(H,21,22). The van der Waals surface area contributed by atoms with Crippen molar-refractivity contribution >= 4 is 34.2 Å². The number of furan rings is 1. The largest absolute Gasteiger partial charge is 0.461 e. The number of carbonyl (C=O) groups is 1. The molecule has 2 aromatic carbocycles. The molecule has 116 valence electrons. The van der Waals surface area contributed by atoms with Crippen LogP contribution in [0, 0.1) is 3.57 Å². The van der Waals surface area contributed by atoms with Gasteiger partial charge in [0.1, 0.15) is 11.5 Å². The number of hydrogen-bond acceptors (Lipinski definition) is 2. The zero-order chi connectivity index (χ0) is 16.1. The molecule has 0 aliphatic carbocycles. The van der Waals surface area contributed by atoms with Gasteiger partial charge in [-0.25, -0.2) is 0 Å². The van der Waals surface area contributed by atoms with Crippen LogP contribution in [0.3, 0.4) is 0 Å². The number of para-hydroxylation sites is 1. The van der Waals surface area contributed by atoms with Gasteiger partial charge in [0.15, 0.2) is 0 Å². The van der Waals surface area contributed by atoms with Gasteiger partial charge in [-0.1, -0.05) is 42.5 Å². The summed E-state index contributed by atoms with van der Waals surface area (Å²) in [6, 6.07) is 21.6. The molecular formula is C19H16INO2. The van der Waals surface area contributed by atoms with Crippen molar-refractivity contribution in [1.29, 1.82) is 0 Å². The highest BCUT2D eigenvalue weighted by Crippen LogP contribution is 2.22. The van der Waals surface area contributed by atoms with Crippen molar-refractivity contribution < 1.29 is 9.21 Å². The molecule has 0 spiro atoms. The van der Waals surface area contributed by atoms with Gasteiger partial charge >= 0.3 is 0 Å². The molecule has 0 fully saturated rings. The van der Waals surface area contributed by atoms with Gasteiger partial charge in [-0.2, -0.15) is 0 Å². The van der Waals surface area contributed by atoms with Crippen molar-refractivity contribution in [3.63, 3.8) is 0 Å². The van der Waals surface area contributed by atoms with E-state index in [1.807, 2.05) is 66.7 Å². The SMILES string of the molecule is O=C(CCc1ccc(-c2ccccc2)o1)Nc1ccccc1I. The summed E-state index contributed by atoms with van der Waals surface area (Å²) in [5.41, 5.74) is 1.89. The number of halogens is 1. The number of rotatable bonds is 5. The van der Waals surface area contributed by atoms with E-state index in [0.717, 1.165) is 26.3 Å². The van der Waals surface area contributed by atoms with Gasteiger partial charge in [0.25, 0.3) is 0 Å². The first-order chi connectivity index (χ1) is 11.2. The predicted octanol–water partition coefficient (Wildman–Crippen LogP) is 5.12. The van der Waals surface area contributed by atoms with E-state index in [9.17, 15) is 4.79 Å². The van der Waals surface area contributed by atoms with E-state index < -0.39 is 0 Å². The highest BCUT2D eigenvalue weighted by molar-refractivity contribution is 14.1. The van der Waals surface area contributed by atoms with Crippen LogP contribution in [-0.4, -0.2) is 5.91 Å². The minimum absolute atomic E-state index is 0.00761. The Morgan fingerprint density at radius 3 is 2.48 bits per heavy atom. The number of hydrogen-bond donors (Lipinski definition) is 1. The first kappa shape index (κ1) is 15.8. The van der Waals surface area contributed by atoms with Gasteiger partial charge in [0, 0.05) is 22.0 Å². The van der Waals surface area contributed by atoms with Gasteiger partial charge in [-0.3, -0.25) is 4.79 Å². The van der Waals surface area contributed by atoms with Crippen molar-refractivity contribution in [3.05, 3.63) is 76.1 Å². The highest BCUT2D eigenvalue weighted by Gasteiger charge is 2.08. The summed E-state index contributed by atoms with van der Waals surface area (Å²) in [6.07, 6.45) is 0.981. The van der Waals surface area contributed by atoms with Crippen LogP contribution in [0.5, 0.6) is 0 Å². The van der Waals surface area contributed by atoms with Gasteiger partial charge in [-0.15, -0.1) is 0 Å². The lowest BCUT2D eigenvalue weighted by Crippen LogP contribution is -2.12. The third-order valence-electron chi connectivity index (χ3n) is 3.47. The normalized spacial score (nSPS) is 10.5. The molecule has 1 amide bonds. The smallest absolute Gasteiger partial charge is 0.224 e. The fourth-order valence-electron chi connectivity index (χ4n) is 2.28. The van der Waals surface area contributed by atoms with Crippen LogP contribution in [0.1, 0.15) is 12.2 Å². The Balaban J connectivity index is 1.58.